The van der Waals surface area contributed by atoms with Gasteiger partial charge in [-0.15, -0.1) is 0 Å². The minimum atomic E-state index is -0.610. The molecule has 0 bridgehead atoms. The Hall–Kier alpha value is -0.190. The summed E-state index contributed by atoms with van der Waals surface area (Å²) in [5.41, 5.74) is 0. The number of hydrogen-bond donors (Lipinski definition) is 0. The largest absolute Gasteiger partial charge is 1.00 e. The van der Waals surface area contributed by atoms with Crippen molar-refractivity contribution in [1.82, 2.24) is 0 Å². The molecule has 12 heavy (non-hydrogen) atoms. The van der Waals surface area contributed by atoms with E-state index in [9.17, 15) is 14.4 Å². The molecule has 0 atom stereocenters. The van der Waals surface area contributed by atoms with E-state index in [0.717, 1.165) is 13.2 Å². The van der Waals surface area contributed by atoms with Crippen molar-refractivity contribution in [1.29, 1.82) is 0 Å². The Kier molecular flexibility index (Phi) is 10.6. The van der Waals surface area contributed by atoms with E-state index in [1.165, 1.54) is 0 Å². The Balaban J connectivity index is -0.000000500. The summed E-state index contributed by atoms with van der Waals surface area (Å²) in [6.45, 7) is 1.16. The van der Waals surface area contributed by atoms with Crippen LogP contribution in [0.25, 0.3) is 0 Å². The Bertz CT molecular complexity index is 172. The van der Waals surface area contributed by atoms with Crippen molar-refractivity contribution < 1.29 is 50.1 Å². The van der Waals surface area contributed by atoms with Gasteiger partial charge in [-0.1, -0.05) is 0 Å². The predicted octanol–water partition coefficient (Wildman–Crippen LogP) is -2.44. The summed E-state index contributed by atoms with van der Waals surface area (Å²) in [6, 6.07) is 0. The van der Waals surface area contributed by atoms with Gasteiger partial charge in [0, 0.05) is 19.8 Å². The van der Waals surface area contributed by atoms with Crippen molar-refractivity contribution in [2.24, 2.45) is 0 Å². The van der Waals surface area contributed by atoms with Gasteiger partial charge in [0.05, 0.1) is 0 Å². The zero-order chi connectivity index (χ0) is 8.69. The van der Waals surface area contributed by atoms with Crippen LogP contribution in [0, 0.1) is 0 Å². The maximum Gasteiger partial charge on any atom is 1.00 e. The monoisotopic (exact) mass is 182 g/mol. The first-order chi connectivity index (χ1) is 5.16. The van der Waals surface area contributed by atoms with Crippen LogP contribution >= 0.6 is 0 Å². The molecular formula is C7H11NaO4. The van der Waals surface area contributed by atoms with E-state index in [-0.39, 0.29) is 37.4 Å². The van der Waals surface area contributed by atoms with Crippen molar-refractivity contribution >= 4 is 18.2 Å². The summed E-state index contributed by atoms with van der Waals surface area (Å²) < 4.78 is 4.20. The average Bonchev–Trinajstić information content (AvgIpc) is 1.86. The Morgan fingerprint density at radius 2 is 2.08 bits per heavy atom. The summed E-state index contributed by atoms with van der Waals surface area (Å²) >= 11 is 0. The van der Waals surface area contributed by atoms with E-state index < -0.39 is 11.9 Å². The van der Waals surface area contributed by atoms with Crippen LogP contribution in [0.1, 0.15) is 27.6 Å². The van der Waals surface area contributed by atoms with Gasteiger partial charge >= 0.3 is 41.5 Å². The van der Waals surface area contributed by atoms with Crippen LogP contribution in [0.3, 0.4) is 0 Å². The fourth-order valence-electron chi connectivity index (χ4n) is 0.541. The Morgan fingerprint density at radius 3 is 2.50 bits per heavy atom. The second kappa shape index (κ2) is 8.90. The third kappa shape index (κ3) is 9.81. The number of rotatable bonds is 4. The molecule has 0 amide bonds. The van der Waals surface area contributed by atoms with Crippen molar-refractivity contribution in [3.05, 3.63) is 0 Å². The van der Waals surface area contributed by atoms with Gasteiger partial charge < -0.3 is 11.0 Å². The number of unbranched alkanes of at least 4 members (excludes halogenated alkanes) is 1. The van der Waals surface area contributed by atoms with Crippen LogP contribution in [-0.2, 0) is 19.1 Å². The molecular weight excluding hydrogens is 171 g/mol. The third-order valence-electron chi connectivity index (χ3n) is 0.960. The van der Waals surface area contributed by atoms with Gasteiger partial charge in [-0.2, -0.15) is 0 Å². The molecule has 0 N–H and O–H groups in total. The fourth-order valence-corrected chi connectivity index (χ4v) is 0.541. The maximum atomic E-state index is 10.6. The number of esters is 2. The van der Waals surface area contributed by atoms with Crippen LogP contribution in [-0.4, -0.2) is 18.2 Å². The second-order valence-electron chi connectivity index (χ2n) is 2.02. The Labute approximate surface area is 94.4 Å². The molecule has 0 fully saturated rings. The van der Waals surface area contributed by atoms with E-state index in [0.29, 0.717) is 12.8 Å². The first-order valence-corrected chi connectivity index (χ1v) is 3.31. The summed E-state index contributed by atoms with van der Waals surface area (Å²) in [5.74, 6) is -1.18. The van der Waals surface area contributed by atoms with E-state index in [1.807, 2.05) is 0 Å². The van der Waals surface area contributed by atoms with E-state index >= 15 is 0 Å². The summed E-state index contributed by atoms with van der Waals surface area (Å²) in [7, 11) is 0. The fraction of sp³-hybridized carbons (Fsp3) is 0.571. The minimum Gasteiger partial charge on any atom is -1.00 e. The number of ether oxygens (including phenoxy) is 1. The van der Waals surface area contributed by atoms with Gasteiger partial charge in [0.2, 0.25) is 0 Å². The number of carbonyl (C=O) groups is 3. The summed E-state index contributed by atoms with van der Waals surface area (Å²) in [5, 5.41) is 0. The first kappa shape index (κ1) is 14.3. The summed E-state index contributed by atoms with van der Waals surface area (Å²) in [4.78, 5) is 30.5. The van der Waals surface area contributed by atoms with E-state index in [1.54, 1.807) is 0 Å². The number of carbonyl (C=O) groups excluding carboxylic acids is 3. The molecule has 0 aromatic carbocycles. The topological polar surface area (TPSA) is 60.4 Å². The quantitative estimate of drug-likeness (QED) is 0.159. The molecule has 0 saturated heterocycles. The van der Waals surface area contributed by atoms with Crippen molar-refractivity contribution in [3.63, 3.8) is 0 Å². The summed E-state index contributed by atoms with van der Waals surface area (Å²) in [6.07, 6.45) is 1.61. The predicted molar refractivity (Wildman–Crippen MR) is 37.8 cm³/mol. The van der Waals surface area contributed by atoms with Crippen molar-refractivity contribution in [2.45, 2.75) is 26.2 Å². The molecule has 64 valence electrons. The molecule has 0 aliphatic heterocycles. The molecule has 0 radical (unpaired) electrons. The molecule has 0 saturated carbocycles. The molecule has 0 spiro atoms. The molecule has 0 aromatic heterocycles. The number of aldehydes is 1. The molecule has 5 heteroatoms. The smallest absolute Gasteiger partial charge is 1.00 e. The minimum absolute atomic E-state index is 0. The molecule has 4 nitrogen and oxygen atoms in total. The maximum absolute atomic E-state index is 10.6. The van der Waals surface area contributed by atoms with Crippen LogP contribution in [0.15, 0.2) is 0 Å². The molecule has 0 aliphatic carbocycles. The number of hydrogen-bond acceptors (Lipinski definition) is 4. The van der Waals surface area contributed by atoms with Crippen molar-refractivity contribution in [3.8, 4) is 0 Å². The van der Waals surface area contributed by atoms with Gasteiger partial charge in [-0.3, -0.25) is 9.59 Å². The first-order valence-electron chi connectivity index (χ1n) is 3.31. The zero-order valence-corrected chi connectivity index (χ0v) is 9.33. The van der Waals surface area contributed by atoms with Crippen LogP contribution in [0.4, 0.5) is 0 Å². The van der Waals surface area contributed by atoms with Gasteiger partial charge in [0.25, 0.3) is 0 Å². The van der Waals surface area contributed by atoms with E-state index in [4.69, 9.17) is 0 Å². The molecule has 0 heterocycles. The molecule has 0 aliphatic rings. The normalized spacial score (nSPS) is 8.08. The van der Waals surface area contributed by atoms with E-state index in [2.05, 4.69) is 4.74 Å². The Morgan fingerprint density at radius 1 is 1.50 bits per heavy atom. The van der Waals surface area contributed by atoms with Gasteiger partial charge in [-0.05, 0) is 6.42 Å². The average molecular weight is 182 g/mol. The molecule has 0 unspecified atom stereocenters. The molecule has 0 rings (SSSR count). The van der Waals surface area contributed by atoms with Crippen LogP contribution < -0.4 is 29.6 Å². The SMILES string of the molecule is CC(=O)OC(=O)CCCC=O.[H-].[Na+]. The van der Waals surface area contributed by atoms with Gasteiger partial charge in [0.15, 0.2) is 0 Å². The second-order valence-corrected chi connectivity index (χ2v) is 2.02. The van der Waals surface area contributed by atoms with Crippen LogP contribution in [0.5, 0.6) is 0 Å². The third-order valence-corrected chi connectivity index (χ3v) is 0.960. The van der Waals surface area contributed by atoms with Gasteiger partial charge in [-0.25, -0.2) is 0 Å². The molecule has 0 aromatic rings. The van der Waals surface area contributed by atoms with Crippen LogP contribution in [0.2, 0.25) is 0 Å². The standard InChI is InChI=1S/C7H10O4.Na.H/c1-6(9)11-7(10)4-2-3-5-8;;/h5H,2-4H2,1H3;;/q;+1;-1. The zero-order valence-electron chi connectivity index (χ0n) is 8.33. The van der Waals surface area contributed by atoms with Crippen molar-refractivity contribution in [2.75, 3.05) is 0 Å². The van der Waals surface area contributed by atoms with Gasteiger partial charge in [0.1, 0.15) is 6.29 Å².